The van der Waals surface area contributed by atoms with E-state index in [-0.39, 0.29) is 45.9 Å². The van der Waals surface area contributed by atoms with Crippen LogP contribution in [0.5, 0.6) is 23.0 Å². The van der Waals surface area contributed by atoms with Crippen molar-refractivity contribution in [1.29, 1.82) is 0 Å². The smallest absolute Gasteiger partial charge is 0.260 e. The maximum atomic E-state index is 15.3. The van der Waals surface area contributed by atoms with Gasteiger partial charge in [-0.25, -0.2) is 0 Å². The fraction of sp³-hybridized carbons (Fsp3) is 0.314. The number of allylic oxidation sites excluding steroid dienone is 2. The molecule has 49 heavy (non-hydrogen) atoms. The first-order chi connectivity index (χ1) is 23.5. The van der Waals surface area contributed by atoms with Gasteiger partial charge in [-0.05, 0) is 72.4 Å². The number of amides is 4. The number of rotatable bonds is 7. The van der Waals surface area contributed by atoms with Gasteiger partial charge in [-0.2, -0.15) is 10.1 Å². The van der Waals surface area contributed by atoms with Gasteiger partial charge in [-0.1, -0.05) is 47.0 Å². The predicted molar refractivity (Wildman–Crippen MR) is 175 cm³/mol. The molecule has 6 atom stereocenters. The first kappa shape index (κ1) is 32.8. The number of phenols is 1. The average molecular weight is 709 g/mol. The number of ether oxygens (including phenoxy) is 3. The van der Waals surface area contributed by atoms with Crippen molar-refractivity contribution in [3.05, 3.63) is 87.4 Å². The lowest BCUT2D eigenvalue weighted by Gasteiger charge is -2.50. The molecule has 3 aromatic rings. The molecule has 0 spiro atoms. The Kier molecular flexibility index (Phi) is 8.00. The van der Waals surface area contributed by atoms with Gasteiger partial charge in [0.2, 0.25) is 5.75 Å². The lowest BCUT2D eigenvalue weighted by atomic mass is 9.49. The van der Waals surface area contributed by atoms with E-state index in [0.717, 1.165) is 5.01 Å². The molecule has 14 heteroatoms. The van der Waals surface area contributed by atoms with Crippen LogP contribution in [0.2, 0.25) is 10.0 Å². The Morgan fingerprint density at radius 3 is 2.14 bits per heavy atom. The molecule has 0 bridgehead atoms. The summed E-state index contributed by atoms with van der Waals surface area (Å²) in [4.78, 5) is 56.4. The number of hydrazine groups is 1. The van der Waals surface area contributed by atoms with E-state index >= 15 is 4.79 Å². The summed E-state index contributed by atoms with van der Waals surface area (Å²) in [5.41, 5.74) is 3.11. The standard InChI is InChI=1S/C35H31Cl2N3O9/c1-47-19-7-4-17(5-8-19)35-23(32(43)39(34(35)45)38-25-11-6-18(36)14-24(25)37)15-22-20(9-10-21-28(22)33(44)40(46)31(21)42)29(35)16-12-26(48-2)30(41)27(13-16)49-3/h4-9,11-14,21-23,28-29,38,41,46H,10,15H2,1-3H3/t21-,22+,23-,28-,29-,35+/m0/s1. The summed E-state index contributed by atoms with van der Waals surface area (Å²) < 4.78 is 16.4. The van der Waals surface area contributed by atoms with E-state index in [0.29, 0.717) is 27.5 Å². The number of methoxy groups -OCH3 is 3. The molecule has 2 heterocycles. The zero-order valence-electron chi connectivity index (χ0n) is 26.5. The molecule has 0 radical (unpaired) electrons. The van der Waals surface area contributed by atoms with E-state index in [1.165, 1.54) is 27.4 Å². The minimum Gasteiger partial charge on any atom is -0.502 e. The van der Waals surface area contributed by atoms with Crippen molar-refractivity contribution in [2.75, 3.05) is 26.8 Å². The van der Waals surface area contributed by atoms with Crippen molar-refractivity contribution in [1.82, 2.24) is 10.1 Å². The number of nitrogens with zero attached hydrogens (tertiary/aromatic N) is 2. The Labute approximate surface area is 290 Å². The predicted octanol–water partition coefficient (Wildman–Crippen LogP) is 5.10. The maximum Gasteiger partial charge on any atom is 0.260 e. The minimum absolute atomic E-state index is 0.00580. The van der Waals surface area contributed by atoms with E-state index in [4.69, 9.17) is 37.4 Å². The number of carbonyl (C=O) groups is 4. The second-order valence-corrected chi connectivity index (χ2v) is 13.3. The molecule has 2 aliphatic carbocycles. The van der Waals surface area contributed by atoms with Crippen LogP contribution in [-0.2, 0) is 24.6 Å². The normalized spacial score (nSPS) is 27.4. The molecule has 7 rings (SSSR count). The zero-order valence-corrected chi connectivity index (χ0v) is 28.0. The number of carbonyl (C=O) groups excluding carboxylic acids is 4. The van der Waals surface area contributed by atoms with E-state index in [1.54, 1.807) is 48.5 Å². The Morgan fingerprint density at radius 2 is 1.53 bits per heavy atom. The van der Waals surface area contributed by atoms with Crippen molar-refractivity contribution in [3.63, 3.8) is 0 Å². The second kappa shape index (κ2) is 12.0. The molecule has 3 N–H and O–H groups in total. The van der Waals surface area contributed by atoms with Crippen molar-refractivity contribution >= 4 is 52.5 Å². The molecule has 2 saturated heterocycles. The zero-order chi connectivity index (χ0) is 34.9. The molecule has 4 amide bonds. The summed E-state index contributed by atoms with van der Waals surface area (Å²) in [6.07, 6.45) is 1.96. The van der Waals surface area contributed by atoms with Crippen LogP contribution in [0.1, 0.15) is 29.9 Å². The third kappa shape index (κ3) is 4.68. The molecule has 0 aromatic heterocycles. The number of anilines is 1. The minimum atomic E-state index is -1.64. The quantitative estimate of drug-likeness (QED) is 0.172. The highest BCUT2D eigenvalue weighted by Crippen LogP contribution is 2.64. The van der Waals surface area contributed by atoms with Crippen molar-refractivity contribution in [3.8, 4) is 23.0 Å². The van der Waals surface area contributed by atoms with Crippen LogP contribution in [0.3, 0.4) is 0 Å². The number of imide groups is 2. The number of fused-ring (bicyclic) bond motifs is 4. The molecule has 254 valence electrons. The van der Waals surface area contributed by atoms with Gasteiger partial charge < -0.3 is 19.3 Å². The number of phenolic OH excluding ortho intramolecular Hbond substituents is 1. The van der Waals surface area contributed by atoms with Gasteiger partial charge in [0.15, 0.2) is 11.5 Å². The van der Waals surface area contributed by atoms with Gasteiger partial charge in [-0.15, -0.1) is 0 Å². The second-order valence-electron chi connectivity index (χ2n) is 12.5. The lowest BCUT2D eigenvalue weighted by Crippen LogP contribution is -2.53. The number of hydroxylamine groups is 2. The topological polar surface area (TPSA) is 155 Å². The number of hydrogen-bond donors (Lipinski definition) is 3. The van der Waals surface area contributed by atoms with Gasteiger partial charge >= 0.3 is 0 Å². The van der Waals surface area contributed by atoms with Gasteiger partial charge in [0.05, 0.1) is 55.2 Å². The molecule has 4 aliphatic rings. The number of aromatic hydroxyl groups is 1. The van der Waals surface area contributed by atoms with Crippen molar-refractivity contribution in [2.45, 2.75) is 24.2 Å². The fourth-order valence-corrected chi connectivity index (χ4v) is 8.73. The van der Waals surface area contributed by atoms with Crippen LogP contribution in [0.4, 0.5) is 5.69 Å². The Bertz CT molecular complexity index is 1930. The van der Waals surface area contributed by atoms with Gasteiger partial charge in [-0.3, -0.25) is 29.8 Å². The molecular formula is C35H31Cl2N3O9. The number of benzene rings is 3. The van der Waals surface area contributed by atoms with E-state index in [9.17, 15) is 24.7 Å². The van der Waals surface area contributed by atoms with Crippen LogP contribution >= 0.6 is 23.2 Å². The number of halogens is 2. The molecule has 3 aromatic carbocycles. The Morgan fingerprint density at radius 1 is 0.857 bits per heavy atom. The summed E-state index contributed by atoms with van der Waals surface area (Å²) in [5.74, 6) is -6.85. The summed E-state index contributed by atoms with van der Waals surface area (Å²) in [6.45, 7) is 0. The van der Waals surface area contributed by atoms with Crippen LogP contribution in [-0.4, -0.2) is 65.3 Å². The van der Waals surface area contributed by atoms with Gasteiger partial charge in [0, 0.05) is 10.9 Å². The molecular weight excluding hydrogens is 677 g/mol. The summed E-state index contributed by atoms with van der Waals surface area (Å²) in [6, 6.07) is 14.6. The first-order valence-corrected chi connectivity index (χ1v) is 16.2. The third-order valence-electron chi connectivity index (χ3n) is 10.4. The highest BCUT2D eigenvalue weighted by atomic mass is 35.5. The summed E-state index contributed by atoms with van der Waals surface area (Å²) >= 11 is 12.6. The van der Waals surface area contributed by atoms with Crippen molar-refractivity contribution < 1.29 is 43.7 Å². The van der Waals surface area contributed by atoms with Crippen LogP contribution in [0.15, 0.2) is 66.2 Å². The first-order valence-electron chi connectivity index (χ1n) is 15.4. The monoisotopic (exact) mass is 707 g/mol. The summed E-state index contributed by atoms with van der Waals surface area (Å²) in [5, 5.41) is 22.9. The van der Waals surface area contributed by atoms with Gasteiger partial charge in [0.1, 0.15) is 5.75 Å². The van der Waals surface area contributed by atoms with Gasteiger partial charge in [0.25, 0.3) is 23.6 Å². The largest absolute Gasteiger partial charge is 0.502 e. The van der Waals surface area contributed by atoms with E-state index < -0.39 is 58.6 Å². The van der Waals surface area contributed by atoms with Crippen LogP contribution in [0, 0.1) is 23.7 Å². The van der Waals surface area contributed by atoms with E-state index in [2.05, 4.69) is 5.43 Å². The van der Waals surface area contributed by atoms with E-state index in [1.807, 2.05) is 6.08 Å². The average Bonchev–Trinajstić information content (AvgIpc) is 3.45. The van der Waals surface area contributed by atoms with Crippen LogP contribution < -0.4 is 19.6 Å². The highest BCUT2D eigenvalue weighted by molar-refractivity contribution is 6.36. The Hall–Kier alpha value is -4.78. The number of hydrogen-bond acceptors (Lipinski definition) is 10. The van der Waals surface area contributed by atoms with Crippen molar-refractivity contribution in [2.24, 2.45) is 23.7 Å². The SMILES string of the molecule is COc1ccc([C@@]23C(=O)N(Nc4ccc(Cl)cc4Cl)C(=O)[C@@H]2C[C@@H]2C(=CC[C@@H]4C(=O)N(O)C(=O)[C@@H]42)[C@@H]3c2cc(OC)c(O)c(OC)c2)cc1. The van der Waals surface area contributed by atoms with Crippen LogP contribution in [0.25, 0.3) is 0 Å². The molecule has 2 aliphatic heterocycles. The molecule has 3 fully saturated rings. The Balaban J connectivity index is 1.51. The lowest BCUT2D eigenvalue weighted by molar-refractivity contribution is -0.173. The molecule has 1 saturated carbocycles. The fourth-order valence-electron chi connectivity index (χ4n) is 8.28. The third-order valence-corrected chi connectivity index (χ3v) is 10.9. The molecule has 0 unspecified atom stereocenters. The molecule has 12 nitrogen and oxygen atoms in total. The number of nitrogens with one attached hydrogen (secondary N) is 1. The highest BCUT2D eigenvalue weighted by Gasteiger charge is 2.70. The summed E-state index contributed by atoms with van der Waals surface area (Å²) in [7, 11) is 4.26. The maximum absolute atomic E-state index is 15.3.